The molecule has 0 aromatic rings. The largest absolute Gasteiger partial charge is 0.392 e. The standard InChI is InChI=1S/C19H32N4O6/c1-10(2)14-16(26)20(7-12(5)24)18(28)22(14)9-23-15(11(3)4)17(27)21(19(23)29)8-13(6)25/h10-15,24-25H,7-9H2,1-6H3. The van der Waals surface area contributed by atoms with Crippen LogP contribution in [0.15, 0.2) is 0 Å². The van der Waals surface area contributed by atoms with E-state index in [1.807, 2.05) is 0 Å². The lowest BCUT2D eigenvalue weighted by Crippen LogP contribution is -2.50. The maximum atomic E-state index is 12.9. The Balaban J connectivity index is 2.35. The van der Waals surface area contributed by atoms with Gasteiger partial charge in [0.25, 0.3) is 11.8 Å². The molecule has 0 aromatic heterocycles. The third kappa shape index (κ3) is 4.37. The van der Waals surface area contributed by atoms with Gasteiger partial charge in [0.05, 0.1) is 25.3 Å². The van der Waals surface area contributed by atoms with E-state index in [2.05, 4.69) is 0 Å². The summed E-state index contributed by atoms with van der Waals surface area (Å²) in [6, 6.07) is -2.76. The molecule has 0 aromatic carbocycles. The summed E-state index contributed by atoms with van der Waals surface area (Å²) in [7, 11) is 0. The summed E-state index contributed by atoms with van der Waals surface area (Å²) < 4.78 is 0. The molecule has 2 saturated heterocycles. The fourth-order valence-electron chi connectivity index (χ4n) is 3.94. The SMILES string of the molecule is CC(O)CN1C(=O)C(C(C)C)N(CN2C(=O)N(CC(C)O)C(=O)C2C(C)C)C1=O. The van der Waals surface area contributed by atoms with E-state index in [4.69, 9.17) is 0 Å². The molecule has 0 spiro atoms. The van der Waals surface area contributed by atoms with Crippen molar-refractivity contribution in [1.82, 2.24) is 19.6 Å². The second-order valence-electron chi connectivity index (χ2n) is 8.62. The van der Waals surface area contributed by atoms with Gasteiger partial charge in [0.15, 0.2) is 0 Å². The predicted octanol–water partition coefficient (Wildman–Crippen LogP) is 0.283. The van der Waals surface area contributed by atoms with Crippen molar-refractivity contribution in [2.45, 2.75) is 65.8 Å². The van der Waals surface area contributed by atoms with Gasteiger partial charge in [-0.15, -0.1) is 0 Å². The van der Waals surface area contributed by atoms with Crippen LogP contribution in [-0.4, -0.2) is 97.7 Å². The molecule has 0 saturated carbocycles. The smallest absolute Gasteiger partial charge is 0.328 e. The lowest BCUT2D eigenvalue weighted by Gasteiger charge is -2.32. The Labute approximate surface area is 171 Å². The minimum Gasteiger partial charge on any atom is -0.392 e. The molecule has 2 rings (SSSR count). The number of hydrogen-bond acceptors (Lipinski definition) is 6. The van der Waals surface area contributed by atoms with Crippen molar-refractivity contribution in [2.24, 2.45) is 11.8 Å². The molecule has 10 nitrogen and oxygen atoms in total. The number of imide groups is 2. The van der Waals surface area contributed by atoms with Crippen LogP contribution < -0.4 is 0 Å². The number of β-amino-alcohol motifs (C(OH)–C–C–N with tert-alkyl or cyclic N) is 2. The molecule has 2 N–H and O–H groups in total. The van der Waals surface area contributed by atoms with Crippen molar-refractivity contribution >= 4 is 23.9 Å². The first kappa shape index (κ1) is 23.1. The second kappa shape index (κ2) is 8.66. The van der Waals surface area contributed by atoms with Gasteiger partial charge >= 0.3 is 12.1 Å². The average molecular weight is 412 g/mol. The number of urea groups is 2. The summed E-state index contributed by atoms with van der Waals surface area (Å²) in [5.74, 6) is -1.29. The molecule has 4 unspecified atom stereocenters. The number of carbonyl (C=O) groups is 4. The molecule has 0 aliphatic carbocycles. The van der Waals surface area contributed by atoms with Gasteiger partial charge in [0, 0.05) is 0 Å². The van der Waals surface area contributed by atoms with Crippen molar-refractivity contribution in [3.63, 3.8) is 0 Å². The number of aliphatic hydroxyl groups excluding tert-OH is 2. The summed E-state index contributed by atoms with van der Waals surface area (Å²) in [5.41, 5.74) is 0. The Kier molecular flexibility index (Phi) is 6.89. The van der Waals surface area contributed by atoms with Crippen molar-refractivity contribution in [3.8, 4) is 0 Å². The molecule has 2 aliphatic heterocycles. The highest BCUT2D eigenvalue weighted by Crippen LogP contribution is 2.29. The van der Waals surface area contributed by atoms with Gasteiger partial charge in [0.2, 0.25) is 0 Å². The molecule has 0 radical (unpaired) electrons. The van der Waals surface area contributed by atoms with Crippen molar-refractivity contribution in [3.05, 3.63) is 0 Å². The normalized spacial score (nSPS) is 25.3. The Hall–Kier alpha value is -2.20. The molecule has 29 heavy (non-hydrogen) atoms. The average Bonchev–Trinajstić information content (AvgIpc) is 2.94. The van der Waals surface area contributed by atoms with Crippen LogP contribution in [0, 0.1) is 11.8 Å². The van der Waals surface area contributed by atoms with E-state index in [0.717, 1.165) is 9.80 Å². The van der Waals surface area contributed by atoms with Gasteiger partial charge in [-0.2, -0.15) is 0 Å². The first-order valence-corrected chi connectivity index (χ1v) is 9.98. The first-order valence-electron chi connectivity index (χ1n) is 9.98. The van der Waals surface area contributed by atoms with Gasteiger partial charge in [-0.05, 0) is 25.7 Å². The first-order chi connectivity index (χ1) is 13.4. The molecule has 164 valence electrons. The maximum Gasteiger partial charge on any atom is 0.328 e. The Morgan fingerprint density at radius 3 is 1.24 bits per heavy atom. The van der Waals surface area contributed by atoms with E-state index >= 15 is 0 Å². The number of aliphatic hydroxyl groups is 2. The quantitative estimate of drug-likeness (QED) is 0.553. The van der Waals surface area contributed by atoms with Gasteiger partial charge in [-0.3, -0.25) is 29.2 Å². The predicted molar refractivity (Wildman–Crippen MR) is 103 cm³/mol. The summed E-state index contributed by atoms with van der Waals surface area (Å²) in [4.78, 5) is 56.0. The Bertz CT molecular complexity index is 622. The fourth-order valence-corrected chi connectivity index (χ4v) is 3.94. The zero-order chi connectivity index (χ0) is 22.2. The second-order valence-corrected chi connectivity index (χ2v) is 8.62. The van der Waals surface area contributed by atoms with Crippen LogP contribution in [0.5, 0.6) is 0 Å². The van der Waals surface area contributed by atoms with E-state index in [9.17, 15) is 29.4 Å². The van der Waals surface area contributed by atoms with Crippen LogP contribution in [0.2, 0.25) is 0 Å². The third-order valence-corrected chi connectivity index (χ3v) is 5.12. The van der Waals surface area contributed by atoms with Crippen molar-refractivity contribution in [1.29, 1.82) is 0 Å². The number of carbonyl (C=O) groups excluding carboxylic acids is 4. The minimum absolute atomic E-state index is 0.133. The van der Waals surface area contributed by atoms with Crippen LogP contribution in [0.1, 0.15) is 41.5 Å². The maximum absolute atomic E-state index is 12.9. The summed E-state index contributed by atoms with van der Waals surface area (Å²) >= 11 is 0. The molecule has 2 heterocycles. The Morgan fingerprint density at radius 2 is 1.00 bits per heavy atom. The van der Waals surface area contributed by atoms with Crippen LogP contribution >= 0.6 is 0 Å². The van der Waals surface area contributed by atoms with Gasteiger partial charge in [-0.1, -0.05) is 27.7 Å². The van der Waals surface area contributed by atoms with Gasteiger partial charge < -0.3 is 10.2 Å². The molecular formula is C19H32N4O6. The molecule has 0 bridgehead atoms. The van der Waals surface area contributed by atoms with Crippen molar-refractivity contribution < 1.29 is 29.4 Å². The molecule has 2 aliphatic rings. The lowest BCUT2D eigenvalue weighted by atomic mass is 10.0. The molecular weight excluding hydrogens is 380 g/mol. The zero-order valence-electron chi connectivity index (χ0n) is 17.9. The number of hydrogen-bond donors (Lipinski definition) is 2. The molecule has 6 amide bonds. The number of amides is 6. The molecule has 10 heteroatoms. The van der Waals surface area contributed by atoms with E-state index < -0.39 is 48.2 Å². The van der Waals surface area contributed by atoms with E-state index in [1.165, 1.54) is 23.6 Å². The summed E-state index contributed by atoms with van der Waals surface area (Å²) in [5, 5.41) is 19.3. The Morgan fingerprint density at radius 1 is 0.690 bits per heavy atom. The molecule has 4 atom stereocenters. The van der Waals surface area contributed by atoms with E-state index in [0.29, 0.717) is 0 Å². The summed E-state index contributed by atoms with van der Waals surface area (Å²) in [6.07, 6.45) is -1.76. The fraction of sp³-hybridized carbons (Fsp3) is 0.789. The lowest BCUT2D eigenvalue weighted by molar-refractivity contribution is -0.130. The van der Waals surface area contributed by atoms with Crippen LogP contribution in [0.25, 0.3) is 0 Å². The minimum atomic E-state index is -0.879. The zero-order valence-corrected chi connectivity index (χ0v) is 17.9. The summed E-state index contributed by atoms with van der Waals surface area (Å²) in [6.45, 7) is 9.68. The van der Waals surface area contributed by atoms with Crippen molar-refractivity contribution in [2.75, 3.05) is 19.8 Å². The monoisotopic (exact) mass is 412 g/mol. The number of nitrogens with zero attached hydrogens (tertiary/aromatic N) is 4. The van der Waals surface area contributed by atoms with Crippen LogP contribution in [-0.2, 0) is 9.59 Å². The number of rotatable bonds is 8. The van der Waals surface area contributed by atoms with Gasteiger partial charge in [0.1, 0.15) is 18.8 Å². The topological polar surface area (TPSA) is 122 Å². The van der Waals surface area contributed by atoms with E-state index in [-0.39, 0.29) is 31.6 Å². The molecule has 2 fully saturated rings. The van der Waals surface area contributed by atoms with Crippen LogP contribution in [0.4, 0.5) is 9.59 Å². The highest BCUT2D eigenvalue weighted by Gasteiger charge is 2.52. The van der Waals surface area contributed by atoms with Crippen LogP contribution in [0.3, 0.4) is 0 Å². The third-order valence-electron chi connectivity index (χ3n) is 5.12. The highest BCUT2D eigenvalue weighted by atomic mass is 16.3. The van der Waals surface area contributed by atoms with Gasteiger partial charge in [-0.25, -0.2) is 9.59 Å². The van der Waals surface area contributed by atoms with E-state index in [1.54, 1.807) is 27.7 Å². The highest BCUT2D eigenvalue weighted by molar-refractivity contribution is 6.06.